The van der Waals surface area contributed by atoms with Gasteiger partial charge in [-0.05, 0) is 12.8 Å². The van der Waals surface area contributed by atoms with E-state index in [0.29, 0.717) is 12.3 Å². The number of aromatic nitrogens is 1. The first-order chi connectivity index (χ1) is 6.79. The number of rotatable bonds is 3. The van der Waals surface area contributed by atoms with Gasteiger partial charge in [0.25, 0.3) is 0 Å². The number of ether oxygens (including phenoxy) is 1. The third kappa shape index (κ3) is 1.95. The molecule has 1 fully saturated rings. The standard InChI is InChI=1S/C10H13NO2S/c1-13-9(12)5-8-6-14-10(11-8)7-3-2-4-7/h6-7H,2-5H2,1H3. The second kappa shape index (κ2) is 4.09. The van der Waals surface area contributed by atoms with Gasteiger partial charge in [-0.15, -0.1) is 11.3 Å². The van der Waals surface area contributed by atoms with Gasteiger partial charge in [0.1, 0.15) is 0 Å². The topological polar surface area (TPSA) is 39.2 Å². The maximum atomic E-state index is 11.0. The number of esters is 1. The minimum absolute atomic E-state index is 0.213. The molecule has 0 amide bonds. The van der Waals surface area contributed by atoms with Crippen LogP contribution in [0.25, 0.3) is 0 Å². The molecule has 0 unspecified atom stereocenters. The molecule has 2 rings (SSSR count). The summed E-state index contributed by atoms with van der Waals surface area (Å²) in [6.45, 7) is 0. The maximum Gasteiger partial charge on any atom is 0.311 e. The molecule has 3 nitrogen and oxygen atoms in total. The van der Waals surface area contributed by atoms with Crippen molar-refractivity contribution in [2.75, 3.05) is 7.11 Å². The van der Waals surface area contributed by atoms with Crippen LogP contribution in [0.2, 0.25) is 0 Å². The second-order valence-corrected chi connectivity index (χ2v) is 4.45. The average Bonchev–Trinajstić information content (AvgIpc) is 2.50. The van der Waals surface area contributed by atoms with Gasteiger partial charge in [-0.2, -0.15) is 0 Å². The van der Waals surface area contributed by atoms with Crippen LogP contribution in [-0.2, 0) is 16.0 Å². The zero-order valence-corrected chi connectivity index (χ0v) is 8.97. The Morgan fingerprint density at radius 2 is 2.50 bits per heavy atom. The Morgan fingerprint density at radius 3 is 3.07 bits per heavy atom. The van der Waals surface area contributed by atoms with E-state index >= 15 is 0 Å². The molecule has 0 saturated heterocycles. The number of methoxy groups -OCH3 is 1. The molecule has 0 N–H and O–H groups in total. The minimum atomic E-state index is -0.213. The van der Waals surface area contributed by atoms with Crippen LogP contribution in [0.1, 0.15) is 35.9 Å². The van der Waals surface area contributed by atoms with Crippen LogP contribution in [0.4, 0.5) is 0 Å². The number of nitrogens with zero attached hydrogens (tertiary/aromatic N) is 1. The predicted molar refractivity (Wildman–Crippen MR) is 54.4 cm³/mol. The van der Waals surface area contributed by atoms with E-state index in [1.807, 2.05) is 5.38 Å². The van der Waals surface area contributed by atoms with Gasteiger partial charge in [0.2, 0.25) is 0 Å². The van der Waals surface area contributed by atoms with Gasteiger partial charge < -0.3 is 4.74 Å². The van der Waals surface area contributed by atoms with E-state index in [1.165, 1.54) is 31.4 Å². The molecule has 0 radical (unpaired) electrons. The SMILES string of the molecule is COC(=O)Cc1csc(C2CCC2)n1. The summed E-state index contributed by atoms with van der Waals surface area (Å²) in [5, 5.41) is 3.15. The molecule has 14 heavy (non-hydrogen) atoms. The van der Waals surface area contributed by atoms with Crippen molar-refractivity contribution >= 4 is 17.3 Å². The molecule has 0 aliphatic heterocycles. The second-order valence-electron chi connectivity index (χ2n) is 3.56. The molecule has 1 saturated carbocycles. The third-order valence-electron chi connectivity index (χ3n) is 2.58. The van der Waals surface area contributed by atoms with E-state index in [2.05, 4.69) is 9.72 Å². The highest BCUT2D eigenvalue weighted by molar-refractivity contribution is 7.09. The van der Waals surface area contributed by atoms with Crippen molar-refractivity contribution in [3.8, 4) is 0 Å². The number of hydrogen-bond donors (Lipinski definition) is 0. The number of carbonyl (C=O) groups is 1. The van der Waals surface area contributed by atoms with Crippen molar-refractivity contribution in [2.24, 2.45) is 0 Å². The summed E-state index contributed by atoms with van der Waals surface area (Å²) in [5.41, 5.74) is 0.851. The fourth-order valence-corrected chi connectivity index (χ4v) is 2.46. The molecule has 1 aromatic heterocycles. The van der Waals surface area contributed by atoms with Crippen LogP contribution in [-0.4, -0.2) is 18.1 Å². The van der Waals surface area contributed by atoms with Crippen molar-refractivity contribution in [3.05, 3.63) is 16.1 Å². The summed E-state index contributed by atoms with van der Waals surface area (Å²) >= 11 is 1.67. The fourth-order valence-electron chi connectivity index (χ4n) is 1.47. The Labute approximate surface area is 87.1 Å². The number of carbonyl (C=O) groups excluding carboxylic acids is 1. The largest absolute Gasteiger partial charge is 0.469 e. The van der Waals surface area contributed by atoms with Gasteiger partial charge in [-0.1, -0.05) is 6.42 Å². The summed E-state index contributed by atoms with van der Waals surface area (Å²) in [5.74, 6) is 0.446. The van der Waals surface area contributed by atoms with Crippen molar-refractivity contribution in [2.45, 2.75) is 31.6 Å². The Hall–Kier alpha value is -0.900. The van der Waals surface area contributed by atoms with Crippen LogP contribution in [0.3, 0.4) is 0 Å². The number of hydrogen-bond acceptors (Lipinski definition) is 4. The van der Waals surface area contributed by atoms with Gasteiger partial charge in [0.15, 0.2) is 0 Å². The summed E-state index contributed by atoms with van der Waals surface area (Å²) in [6.07, 6.45) is 4.13. The van der Waals surface area contributed by atoms with Gasteiger partial charge >= 0.3 is 5.97 Å². The van der Waals surface area contributed by atoms with Crippen LogP contribution >= 0.6 is 11.3 Å². The van der Waals surface area contributed by atoms with E-state index in [1.54, 1.807) is 11.3 Å². The van der Waals surface area contributed by atoms with E-state index in [0.717, 1.165) is 5.69 Å². The van der Waals surface area contributed by atoms with Gasteiger partial charge in [0.05, 0.1) is 24.2 Å². The van der Waals surface area contributed by atoms with Crippen LogP contribution in [0.5, 0.6) is 0 Å². The van der Waals surface area contributed by atoms with Crippen molar-refractivity contribution in [1.29, 1.82) is 0 Å². The maximum absolute atomic E-state index is 11.0. The zero-order chi connectivity index (χ0) is 9.97. The lowest BCUT2D eigenvalue weighted by Gasteiger charge is -2.22. The molecule has 1 aromatic rings. The Bertz CT molecular complexity index is 331. The van der Waals surface area contributed by atoms with E-state index < -0.39 is 0 Å². The monoisotopic (exact) mass is 211 g/mol. The summed E-state index contributed by atoms with van der Waals surface area (Å²) in [6, 6.07) is 0. The van der Waals surface area contributed by atoms with Crippen molar-refractivity contribution in [3.63, 3.8) is 0 Å². The molecule has 0 bridgehead atoms. The smallest absolute Gasteiger partial charge is 0.311 e. The molecule has 1 aliphatic carbocycles. The lowest BCUT2D eigenvalue weighted by Crippen LogP contribution is -2.09. The Morgan fingerprint density at radius 1 is 1.71 bits per heavy atom. The Balaban J connectivity index is 1.98. The summed E-state index contributed by atoms with van der Waals surface area (Å²) in [7, 11) is 1.40. The zero-order valence-electron chi connectivity index (χ0n) is 8.16. The molecule has 1 heterocycles. The molecule has 1 aliphatic rings. The molecule has 76 valence electrons. The van der Waals surface area contributed by atoms with E-state index in [-0.39, 0.29) is 5.97 Å². The van der Waals surface area contributed by atoms with Crippen LogP contribution < -0.4 is 0 Å². The summed E-state index contributed by atoms with van der Waals surface area (Å²) < 4.78 is 4.59. The molecule has 4 heteroatoms. The lowest BCUT2D eigenvalue weighted by molar-refractivity contribution is -0.139. The first-order valence-corrected chi connectivity index (χ1v) is 5.68. The molecular formula is C10H13NO2S. The number of thiazole rings is 1. The van der Waals surface area contributed by atoms with Crippen LogP contribution in [0, 0.1) is 0 Å². The van der Waals surface area contributed by atoms with Crippen molar-refractivity contribution < 1.29 is 9.53 Å². The van der Waals surface area contributed by atoms with Gasteiger partial charge in [-0.25, -0.2) is 4.98 Å². The first kappa shape index (κ1) is 9.65. The molecule has 0 spiro atoms. The van der Waals surface area contributed by atoms with Crippen molar-refractivity contribution in [1.82, 2.24) is 4.98 Å². The first-order valence-electron chi connectivity index (χ1n) is 4.80. The van der Waals surface area contributed by atoms with Gasteiger partial charge in [-0.3, -0.25) is 4.79 Å². The van der Waals surface area contributed by atoms with Gasteiger partial charge in [0, 0.05) is 11.3 Å². The van der Waals surface area contributed by atoms with E-state index in [4.69, 9.17) is 0 Å². The molecule has 0 aromatic carbocycles. The predicted octanol–water partition coefficient (Wildman–Crippen LogP) is 2.13. The lowest BCUT2D eigenvalue weighted by atomic mass is 9.86. The van der Waals surface area contributed by atoms with E-state index in [9.17, 15) is 4.79 Å². The molecular weight excluding hydrogens is 198 g/mol. The highest BCUT2D eigenvalue weighted by atomic mass is 32.1. The van der Waals surface area contributed by atoms with Crippen LogP contribution in [0.15, 0.2) is 5.38 Å². The quantitative estimate of drug-likeness (QED) is 0.719. The highest BCUT2D eigenvalue weighted by Gasteiger charge is 2.22. The normalized spacial score (nSPS) is 16.4. The summed E-state index contributed by atoms with van der Waals surface area (Å²) in [4.78, 5) is 15.4. The highest BCUT2D eigenvalue weighted by Crippen LogP contribution is 2.37. The minimum Gasteiger partial charge on any atom is -0.469 e. The average molecular weight is 211 g/mol. The molecule has 0 atom stereocenters. The third-order valence-corrected chi connectivity index (χ3v) is 3.63. The Kier molecular flexibility index (Phi) is 2.82. The fraction of sp³-hybridized carbons (Fsp3) is 0.600.